The molecular formula is C16H23N3. The van der Waals surface area contributed by atoms with E-state index in [1.165, 1.54) is 16.7 Å². The fraction of sp³-hybridized carbons (Fsp3) is 0.438. The second-order valence-electron chi connectivity index (χ2n) is 5.09. The largest absolute Gasteiger partial charge is 0.334 e. The van der Waals surface area contributed by atoms with E-state index in [2.05, 4.69) is 60.8 Å². The molecule has 0 aliphatic carbocycles. The van der Waals surface area contributed by atoms with E-state index in [0.29, 0.717) is 6.04 Å². The molecule has 1 aromatic carbocycles. The lowest BCUT2D eigenvalue weighted by Gasteiger charge is -2.17. The number of benzene rings is 1. The normalized spacial score (nSPS) is 12.6. The van der Waals surface area contributed by atoms with Crippen molar-refractivity contribution in [2.45, 2.75) is 46.8 Å². The molecule has 102 valence electrons. The van der Waals surface area contributed by atoms with Crippen LogP contribution in [0.2, 0.25) is 0 Å². The van der Waals surface area contributed by atoms with Gasteiger partial charge in [0.25, 0.3) is 0 Å². The number of imidazole rings is 1. The van der Waals surface area contributed by atoms with E-state index < -0.39 is 0 Å². The molecule has 0 bridgehead atoms. The van der Waals surface area contributed by atoms with E-state index in [1.807, 2.05) is 12.4 Å². The molecule has 0 spiro atoms. The third-order valence-electron chi connectivity index (χ3n) is 3.60. The van der Waals surface area contributed by atoms with Gasteiger partial charge in [0.15, 0.2) is 0 Å². The van der Waals surface area contributed by atoms with Crippen molar-refractivity contribution in [2.24, 2.45) is 0 Å². The summed E-state index contributed by atoms with van der Waals surface area (Å²) in [6.45, 7) is 10.4. The summed E-state index contributed by atoms with van der Waals surface area (Å²) < 4.78 is 2.17. The Morgan fingerprint density at radius 1 is 1.32 bits per heavy atom. The molecule has 3 nitrogen and oxygen atoms in total. The summed E-state index contributed by atoms with van der Waals surface area (Å²) in [5, 5.41) is 3.55. The van der Waals surface area contributed by atoms with Gasteiger partial charge in [-0.25, -0.2) is 4.98 Å². The molecule has 19 heavy (non-hydrogen) atoms. The van der Waals surface area contributed by atoms with E-state index >= 15 is 0 Å². The summed E-state index contributed by atoms with van der Waals surface area (Å²) in [6, 6.07) is 6.96. The Balaban J connectivity index is 2.03. The minimum atomic E-state index is 0.336. The van der Waals surface area contributed by atoms with Crippen molar-refractivity contribution >= 4 is 0 Å². The number of nitrogens with zero attached hydrogens (tertiary/aromatic N) is 2. The summed E-state index contributed by atoms with van der Waals surface area (Å²) in [5.74, 6) is 1.10. The van der Waals surface area contributed by atoms with Crippen LogP contribution in [-0.2, 0) is 13.1 Å². The van der Waals surface area contributed by atoms with Gasteiger partial charge in [0.1, 0.15) is 5.82 Å². The zero-order chi connectivity index (χ0) is 13.8. The number of aryl methyl sites for hydroxylation is 3. The van der Waals surface area contributed by atoms with Crippen LogP contribution in [0.4, 0.5) is 0 Å². The number of rotatable bonds is 5. The predicted octanol–water partition coefficient (Wildman–Crippen LogP) is 3.37. The molecule has 3 heteroatoms. The first-order valence-corrected chi connectivity index (χ1v) is 6.92. The second kappa shape index (κ2) is 6.02. The monoisotopic (exact) mass is 257 g/mol. The van der Waals surface area contributed by atoms with Gasteiger partial charge in [-0.1, -0.05) is 23.8 Å². The molecule has 2 rings (SSSR count). The average Bonchev–Trinajstić information content (AvgIpc) is 2.83. The van der Waals surface area contributed by atoms with Crippen molar-refractivity contribution < 1.29 is 0 Å². The standard InChI is InChI=1S/C16H23N3/c1-5-19-9-8-17-16(19)11-18-14(4)15-7-6-12(2)10-13(15)3/h6-10,14,18H,5,11H2,1-4H3. The molecule has 0 saturated heterocycles. The average molecular weight is 257 g/mol. The topological polar surface area (TPSA) is 29.9 Å². The summed E-state index contributed by atoms with van der Waals surface area (Å²) in [5.41, 5.74) is 4.02. The summed E-state index contributed by atoms with van der Waals surface area (Å²) in [4.78, 5) is 4.39. The second-order valence-corrected chi connectivity index (χ2v) is 5.09. The first-order valence-electron chi connectivity index (χ1n) is 6.92. The van der Waals surface area contributed by atoms with Crippen LogP contribution in [0.25, 0.3) is 0 Å². The number of aromatic nitrogens is 2. The summed E-state index contributed by atoms with van der Waals surface area (Å²) in [7, 11) is 0. The van der Waals surface area contributed by atoms with Crippen molar-refractivity contribution in [2.75, 3.05) is 0 Å². The van der Waals surface area contributed by atoms with Crippen LogP contribution in [0.5, 0.6) is 0 Å². The number of hydrogen-bond donors (Lipinski definition) is 1. The van der Waals surface area contributed by atoms with Crippen LogP contribution in [0, 0.1) is 13.8 Å². The maximum absolute atomic E-state index is 4.39. The van der Waals surface area contributed by atoms with Gasteiger partial charge in [-0.2, -0.15) is 0 Å². The minimum Gasteiger partial charge on any atom is -0.334 e. The van der Waals surface area contributed by atoms with E-state index in [1.54, 1.807) is 0 Å². The Morgan fingerprint density at radius 2 is 2.11 bits per heavy atom. The molecular weight excluding hydrogens is 234 g/mol. The van der Waals surface area contributed by atoms with E-state index in [9.17, 15) is 0 Å². The lowest BCUT2D eigenvalue weighted by Crippen LogP contribution is -2.21. The van der Waals surface area contributed by atoms with Gasteiger partial charge >= 0.3 is 0 Å². The van der Waals surface area contributed by atoms with Crippen LogP contribution in [-0.4, -0.2) is 9.55 Å². The van der Waals surface area contributed by atoms with Crippen LogP contribution in [0.1, 0.15) is 42.4 Å². The zero-order valence-corrected chi connectivity index (χ0v) is 12.3. The number of nitrogens with one attached hydrogen (secondary N) is 1. The summed E-state index contributed by atoms with van der Waals surface area (Å²) in [6.07, 6.45) is 3.89. The maximum Gasteiger partial charge on any atom is 0.122 e. The fourth-order valence-corrected chi connectivity index (χ4v) is 2.46. The van der Waals surface area contributed by atoms with Crippen LogP contribution in [0.15, 0.2) is 30.6 Å². The molecule has 0 aliphatic rings. The van der Waals surface area contributed by atoms with E-state index in [0.717, 1.165) is 18.9 Å². The Labute approximate surface area is 115 Å². The quantitative estimate of drug-likeness (QED) is 0.890. The fourth-order valence-electron chi connectivity index (χ4n) is 2.46. The Hall–Kier alpha value is -1.61. The van der Waals surface area contributed by atoms with E-state index in [-0.39, 0.29) is 0 Å². The predicted molar refractivity (Wildman–Crippen MR) is 79.1 cm³/mol. The minimum absolute atomic E-state index is 0.336. The highest BCUT2D eigenvalue weighted by Crippen LogP contribution is 2.18. The first kappa shape index (κ1) is 13.8. The molecule has 0 fully saturated rings. The maximum atomic E-state index is 4.39. The highest BCUT2D eigenvalue weighted by molar-refractivity contribution is 5.32. The van der Waals surface area contributed by atoms with Crippen molar-refractivity contribution in [3.8, 4) is 0 Å². The summed E-state index contributed by atoms with van der Waals surface area (Å²) >= 11 is 0. The van der Waals surface area contributed by atoms with Crippen LogP contribution in [0.3, 0.4) is 0 Å². The van der Waals surface area contributed by atoms with Crippen molar-refractivity contribution in [3.63, 3.8) is 0 Å². The zero-order valence-electron chi connectivity index (χ0n) is 12.3. The van der Waals surface area contributed by atoms with Gasteiger partial charge in [-0.3, -0.25) is 0 Å². The lowest BCUT2D eigenvalue weighted by atomic mass is 10.0. The highest BCUT2D eigenvalue weighted by atomic mass is 15.1. The molecule has 1 heterocycles. The van der Waals surface area contributed by atoms with Gasteiger partial charge in [0.05, 0.1) is 6.54 Å². The molecule has 0 saturated carbocycles. The molecule has 0 radical (unpaired) electrons. The number of hydrogen-bond acceptors (Lipinski definition) is 2. The molecule has 0 aliphatic heterocycles. The molecule has 1 unspecified atom stereocenters. The van der Waals surface area contributed by atoms with Crippen LogP contribution >= 0.6 is 0 Å². The SMILES string of the molecule is CCn1ccnc1CNC(C)c1ccc(C)cc1C. The molecule has 1 N–H and O–H groups in total. The van der Waals surface area contributed by atoms with Gasteiger partial charge in [0.2, 0.25) is 0 Å². The molecule has 1 aromatic heterocycles. The molecule has 1 atom stereocenters. The first-order chi connectivity index (χ1) is 9.11. The lowest BCUT2D eigenvalue weighted by molar-refractivity contribution is 0.538. The Morgan fingerprint density at radius 3 is 2.79 bits per heavy atom. The van der Waals surface area contributed by atoms with Gasteiger partial charge in [-0.15, -0.1) is 0 Å². The van der Waals surface area contributed by atoms with Crippen LogP contribution < -0.4 is 5.32 Å². The molecule has 2 aromatic rings. The van der Waals surface area contributed by atoms with Gasteiger partial charge in [0, 0.05) is 25.0 Å². The van der Waals surface area contributed by atoms with Gasteiger partial charge < -0.3 is 9.88 Å². The molecule has 0 amide bonds. The Bertz CT molecular complexity index is 543. The van der Waals surface area contributed by atoms with E-state index in [4.69, 9.17) is 0 Å². The van der Waals surface area contributed by atoms with Gasteiger partial charge in [-0.05, 0) is 38.8 Å². The third kappa shape index (κ3) is 3.24. The van der Waals surface area contributed by atoms with Crippen molar-refractivity contribution in [3.05, 3.63) is 53.1 Å². The third-order valence-corrected chi connectivity index (χ3v) is 3.60. The highest BCUT2D eigenvalue weighted by Gasteiger charge is 2.09. The van der Waals surface area contributed by atoms with Crippen molar-refractivity contribution in [1.29, 1.82) is 0 Å². The smallest absolute Gasteiger partial charge is 0.122 e. The van der Waals surface area contributed by atoms with Crippen molar-refractivity contribution in [1.82, 2.24) is 14.9 Å². The Kier molecular flexibility index (Phi) is 4.38.